The quantitative estimate of drug-likeness (QED) is 0.847. The number of carbonyl (C=O) groups excluding carboxylic acids is 1. The van der Waals surface area contributed by atoms with Crippen LogP contribution >= 0.6 is 11.6 Å². The number of nitrogens with zero attached hydrogens (tertiary/aromatic N) is 2. The minimum atomic E-state index is -4.07. The smallest absolute Gasteiger partial charge is 0.321 e. The highest BCUT2D eigenvalue weighted by atomic mass is 35.5. The van der Waals surface area contributed by atoms with Gasteiger partial charge in [-0.15, -0.1) is 4.40 Å². The van der Waals surface area contributed by atoms with Gasteiger partial charge in [-0.25, -0.2) is 8.70 Å². The van der Waals surface area contributed by atoms with Gasteiger partial charge in [0.15, 0.2) is 0 Å². The zero-order valence-corrected chi connectivity index (χ0v) is 16.0. The normalized spacial score (nSPS) is 15.8. The third kappa shape index (κ3) is 4.01. The van der Waals surface area contributed by atoms with Crippen LogP contribution in [0.1, 0.15) is 11.1 Å². The molecule has 27 heavy (non-hydrogen) atoms. The predicted octanol–water partition coefficient (Wildman–Crippen LogP) is 3.29. The van der Waals surface area contributed by atoms with Crippen molar-refractivity contribution in [3.63, 3.8) is 0 Å². The SMILES string of the molecule is Cc1cccc(C2=NS(=O)(=O)N(C)C(C(=O)Nc3ccc(F)c(Cl)c3)=C2)c1. The Hall–Kier alpha value is -2.71. The van der Waals surface area contributed by atoms with Gasteiger partial charge in [0.1, 0.15) is 11.5 Å². The lowest BCUT2D eigenvalue weighted by Crippen LogP contribution is -2.35. The van der Waals surface area contributed by atoms with Crippen LogP contribution in [0.25, 0.3) is 0 Å². The summed E-state index contributed by atoms with van der Waals surface area (Å²) in [5, 5.41) is 2.35. The van der Waals surface area contributed by atoms with Crippen LogP contribution in [-0.4, -0.2) is 31.4 Å². The summed E-state index contributed by atoms with van der Waals surface area (Å²) in [5.74, 6) is -1.32. The monoisotopic (exact) mass is 407 g/mol. The fourth-order valence-corrected chi connectivity index (χ4v) is 3.57. The molecule has 9 heteroatoms. The Morgan fingerprint density at radius 2 is 1.96 bits per heavy atom. The number of likely N-dealkylation sites (N-methyl/N-ethyl adjacent to an activating group) is 1. The molecule has 2 aromatic rings. The zero-order chi connectivity index (χ0) is 19.8. The summed E-state index contributed by atoms with van der Waals surface area (Å²) < 4.78 is 42.5. The van der Waals surface area contributed by atoms with Gasteiger partial charge in [-0.2, -0.15) is 8.42 Å². The molecule has 3 rings (SSSR count). The van der Waals surface area contributed by atoms with E-state index >= 15 is 0 Å². The van der Waals surface area contributed by atoms with Crippen molar-refractivity contribution in [2.75, 3.05) is 12.4 Å². The van der Waals surface area contributed by atoms with E-state index < -0.39 is 21.9 Å². The first-order valence-electron chi connectivity index (χ1n) is 7.81. The Labute approximate surface area is 161 Å². The van der Waals surface area contributed by atoms with Gasteiger partial charge in [-0.1, -0.05) is 35.4 Å². The number of carbonyl (C=O) groups is 1. The fraction of sp³-hybridized carbons (Fsp3) is 0.111. The van der Waals surface area contributed by atoms with Crippen LogP contribution in [0, 0.1) is 12.7 Å². The van der Waals surface area contributed by atoms with E-state index in [-0.39, 0.29) is 22.1 Å². The average molecular weight is 408 g/mol. The molecule has 0 aliphatic carbocycles. The second kappa shape index (κ2) is 7.13. The predicted molar refractivity (Wildman–Crippen MR) is 103 cm³/mol. The van der Waals surface area contributed by atoms with Crippen molar-refractivity contribution in [2.24, 2.45) is 4.40 Å². The van der Waals surface area contributed by atoms with E-state index in [2.05, 4.69) is 9.71 Å². The summed E-state index contributed by atoms with van der Waals surface area (Å²) >= 11 is 5.71. The van der Waals surface area contributed by atoms with Crippen LogP contribution < -0.4 is 5.32 Å². The number of rotatable bonds is 3. The van der Waals surface area contributed by atoms with Gasteiger partial charge in [0.2, 0.25) is 0 Å². The highest BCUT2D eigenvalue weighted by Gasteiger charge is 2.30. The van der Waals surface area contributed by atoms with Crippen LogP contribution in [0.15, 0.2) is 58.6 Å². The summed E-state index contributed by atoms with van der Waals surface area (Å²) in [6, 6.07) is 10.8. The van der Waals surface area contributed by atoms with E-state index in [0.717, 1.165) is 15.9 Å². The Morgan fingerprint density at radius 1 is 1.22 bits per heavy atom. The van der Waals surface area contributed by atoms with Crippen molar-refractivity contribution in [1.82, 2.24) is 4.31 Å². The molecule has 0 saturated heterocycles. The van der Waals surface area contributed by atoms with Crippen LogP contribution in [0.4, 0.5) is 10.1 Å². The molecule has 2 aromatic carbocycles. The standard InChI is InChI=1S/C18H15ClFN3O3S/c1-11-4-3-5-12(8-11)16-10-17(23(2)27(25,26)22-16)18(24)21-13-6-7-15(20)14(19)9-13/h3-10H,1-2H3,(H,21,24). The number of allylic oxidation sites excluding steroid dienone is 1. The van der Waals surface area contributed by atoms with Gasteiger partial charge in [-0.05, 0) is 37.3 Å². The summed E-state index contributed by atoms with van der Waals surface area (Å²) in [6.45, 7) is 1.86. The van der Waals surface area contributed by atoms with Crippen molar-refractivity contribution in [3.05, 3.63) is 76.2 Å². The number of amides is 1. The molecule has 0 atom stereocenters. The van der Waals surface area contributed by atoms with E-state index in [1.165, 1.54) is 25.3 Å². The molecular formula is C18H15ClFN3O3S. The average Bonchev–Trinajstić information content (AvgIpc) is 2.60. The van der Waals surface area contributed by atoms with Gasteiger partial charge in [0.05, 0.1) is 10.7 Å². The topological polar surface area (TPSA) is 78.8 Å². The van der Waals surface area contributed by atoms with Crippen LogP contribution in [0.5, 0.6) is 0 Å². The Balaban J connectivity index is 1.98. The molecule has 1 N–H and O–H groups in total. The van der Waals surface area contributed by atoms with Gasteiger partial charge in [0, 0.05) is 18.3 Å². The lowest BCUT2D eigenvalue weighted by atomic mass is 10.1. The van der Waals surface area contributed by atoms with Crippen molar-refractivity contribution in [3.8, 4) is 0 Å². The highest BCUT2D eigenvalue weighted by Crippen LogP contribution is 2.23. The first kappa shape index (κ1) is 19.1. The Kier molecular flexibility index (Phi) is 5.03. The van der Waals surface area contributed by atoms with Crippen molar-refractivity contribution < 1.29 is 17.6 Å². The number of hydrogen-bond acceptors (Lipinski definition) is 3. The number of hydrogen-bond donors (Lipinski definition) is 1. The highest BCUT2D eigenvalue weighted by molar-refractivity contribution is 7.88. The van der Waals surface area contributed by atoms with E-state index in [4.69, 9.17) is 11.6 Å². The van der Waals surface area contributed by atoms with Gasteiger partial charge >= 0.3 is 10.2 Å². The van der Waals surface area contributed by atoms with E-state index in [9.17, 15) is 17.6 Å². The lowest BCUT2D eigenvalue weighted by Gasteiger charge is -2.23. The summed E-state index contributed by atoms with van der Waals surface area (Å²) in [4.78, 5) is 12.6. The Bertz CT molecular complexity index is 1100. The number of nitrogens with one attached hydrogen (secondary N) is 1. The fourth-order valence-electron chi connectivity index (χ4n) is 2.47. The van der Waals surface area contributed by atoms with Gasteiger partial charge in [-0.3, -0.25) is 4.79 Å². The second-order valence-corrected chi connectivity index (χ2v) is 7.94. The molecule has 0 radical (unpaired) electrons. The van der Waals surface area contributed by atoms with Crippen LogP contribution in [0.3, 0.4) is 0 Å². The van der Waals surface area contributed by atoms with Crippen molar-refractivity contribution >= 4 is 39.1 Å². The lowest BCUT2D eigenvalue weighted by molar-refractivity contribution is -0.113. The summed E-state index contributed by atoms with van der Waals surface area (Å²) in [6.07, 6.45) is 1.39. The number of halogens is 2. The number of anilines is 1. The third-order valence-corrected chi connectivity index (χ3v) is 5.50. The molecule has 1 aliphatic rings. The molecule has 0 bridgehead atoms. The molecule has 1 amide bonds. The van der Waals surface area contributed by atoms with Gasteiger partial charge < -0.3 is 5.32 Å². The van der Waals surface area contributed by atoms with E-state index in [0.29, 0.717) is 5.56 Å². The molecule has 140 valence electrons. The molecule has 0 unspecified atom stereocenters. The largest absolute Gasteiger partial charge is 0.345 e. The molecule has 1 aliphatic heterocycles. The molecule has 0 saturated carbocycles. The molecule has 0 aromatic heterocycles. The summed E-state index contributed by atoms with van der Waals surface area (Å²) in [7, 11) is -2.84. The molecule has 0 fully saturated rings. The summed E-state index contributed by atoms with van der Waals surface area (Å²) in [5.41, 5.74) is 1.76. The van der Waals surface area contributed by atoms with Crippen LogP contribution in [-0.2, 0) is 15.0 Å². The van der Waals surface area contributed by atoms with E-state index in [1.807, 2.05) is 13.0 Å². The van der Waals surface area contributed by atoms with Crippen molar-refractivity contribution in [2.45, 2.75) is 6.92 Å². The number of aryl methyl sites for hydroxylation is 1. The van der Waals surface area contributed by atoms with Crippen molar-refractivity contribution in [1.29, 1.82) is 0 Å². The third-order valence-electron chi connectivity index (χ3n) is 3.90. The Morgan fingerprint density at radius 3 is 2.63 bits per heavy atom. The molecule has 0 spiro atoms. The first-order valence-corrected chi connectivity index (χ1v) is 9.59. The minimum absolute atomic E-state index is 0.123. The van der Waals surface area contributed by atoms with Crippen LogP contribution in [0.2, 0.25) is 5.02 Å². The van der Waals surface area contributed by atoms with E-state index in [1.54, 1.807) is 18.2 Å². The zero-order valence-electron chi connectivity index (χ0n) is 14.4. The first-order chi connectivity index (χ1) is 12.7. The van der Waals surface area contributed by atoms with Gasteiger partial charge in [0.25, 0.3) is 5.91 Å². The number of benzene rings is 2. The maximum absolute atomic E-state index is 13.3. The second-order valence-electron chi connectivity index (χ2n) is 5.90. The minimum Gasteiger partial charge on any atom is -0.321 e. The molecule has 6 nitrogen and oxygen atoms in total. The molecular weight excluding hydrogens is 393 g/mol. The maximum atomic E-state index is 13.3. The molecule has 1 heterocycles. The maximum Gasteiger partial charge on any atom is 0.345 e.